The van der Waals surface area contributed by atoms with Crippen LogP contribution in [0.3, 0.4) is 0 Å². The minimum atomic E-state index is 0.970. The van der Waals surface area contributed by atoms with E-state index >= 15 is 0 Å². The molecule has 0 fully saturated rings. The van der Waals surface area contributed by atoms with Crippen LogP contribution in [0.25, 0.3) is 0 Å². The Morgan fingerprint density at radius 1 is 0.250 bits per heavy atom. The van der Waals surface area contributed by atoms with E-state index in [2.05, 4.69) is 34.1 Å². The molecule has 0 nitrogen and oxygen atoms in total. The predicted octanol–water partition coefficient (Wildman–Crippen LogP) is 16.9. The summed E-state index contributed by atoms with van der Waals surface area (Å²) in [7, 11) is 0. The first-order valence-electron chi connectivity index (χ1n) is 21.6. The normalized spacial score (nSPS) is 13.1. The van der Waals surface area contributed by atoms with Gasteiger partial charge in [-0.15, -0.1) is 0 Å². The Hall–Kier alpha value is 0. The fourth-order valence-corrected chi connectivity index (χ4v) is 7.42. The van der Waals surface area contributed by atoms with E-state index in [4.69, 9.17) is 0 Å². The molecule has 1 radical (unpaired) electrons. The van der Waals surface area contributed by atoms with Gasteiger partial charge in [0.05, 0.1) is 0 Å². The van der Waals surface area contributed by atoms with Crippen LogP contribution in [0.1, 0.15) is 265 Å². The molecule has 0 heteroatoms. The lowest BCUT2D eigenvalue weighted by Crippen LogP contribution is -2.06. The summed E-state index contributed by atoms with van der Waals surface area (Å²) < 4.78 is 0. The lowest BCUT2D eigenvalue weighted by molar-refractivity contribution is 0.365. The number of hydrogen-bond donors (Lipinski definition) is 0. The van der Waals surface area contributed by atoms with E-state index in [0.29, 0.717) is 0 Å². The van der Waals surface area contributed by atoms with E-state index in [0.717, 1.165) is 11.8 Å². The first kappa shape index (κ1) is 44.0. The summed E-state index contributed by atoms with van der Waals surface area (Å²) in [6.07, 6.45) is 56.9. The highest BCUT2D eigenvalue weighted by atomic mass is 14.2. The predicted molar refractivity (Wildman–Crippen MR) is 205 cm³/mol. The van der Waals surface area contributed by atoms with Crippen molar-refractivity contribution in [2.75, 3.05) is 0 Å². The SMILES string of the molecule is CCCCCCCCCCCCCCC(C[CH]CC(CCCCCC)CCCCCCCCCCCCC)CCCCCC. The zero-order valence-corrected chi connectivity index (χ0v) is 31.9. The summed E-state index contributed by atoms with van der Waals surface area (Å²) in [5.41, 5.74) is 0. The number of rotatable bonds is 39. The van der Waals surface area contributed by atoms with Gasteiger partial charge >= 0.3 is 0 Å². The molecule has 0 bridgehead atoms. The molecule has 0 saturated carbocycles. The molecule has 0 rings (SSSR count). The average Bonchev–Trinajstić information content (AvgIpc) is 3.03. The highest BCUT2D eigenvalue weighted by molar-refractivity contribution is 4.76. The Labute approximate surface area is 282 Å². The molecule has 0 aromatic carbocycles. The van der Waals surface area contributed by atoms with Gasteiger partial charge in [0.15, 0.2) is 0 Å². The van der Waals surface area contributed by atoms with Crippen LogP contribution >= 0.6 is 0 Å². The molecule has 265 valence electrons. The summed E-state index contributed by atoms with van der Waals surface area (Å²) in [6, 6.07) is 0. The third-order valence-electron chi connectivity index (χ3n) is 10.6. The molecule has 0 aliphatic heterocycles. The summed E-state index contributed by atoms with van der Waals surface area (Å²) in [4.78, 5) is 0. The second-order valence-electron chi connectivity index (χ2n) is 15.2. The molecule has 0 amide bonds. The Balaban J connectivity index is 4.23. The van der Waals surface area contributed by atoms with Gasteiger partial charge in [0.25, 0.3) is 0 Å². The van der Waals surface area contributed by atoms with Crippen molar-refractivity contribution in [2.45, 2.75) is 265 Å². The van der Waals surface area contributed by atoms with Crippen molar-refractivity contribution in [3.8, 4) is 0 Å². The van der Waals surface area contributed by atoms with Crippen molar-refractivity contribution in [2.24, 2.45) is 11.8 Å². The first-order valence-corrected chi connectivity index (χ1v) is 21.6. The van der Waals surface area contributed by atoms with Crippen molar-refractivity contribution in [3.63, 3.8) is 0 Å². The van der Waals surface area contributed by atoms with Crippen LogP contribution in [-0.4, -0.2) is 0 Å². The van der Waals surface area contributed by atoms with Crippen LogP contribution in [0.15, 0.2) is 0 Å². The smallest absolute Gasteiger partial charge is 0.0380 e. The van der Waals surface area contributed by atoms with Gasteiger partial charge < -0.3 is 0 Å². The molecule has 0 aromatic rings. The van der Waals surface area contributed by atoms with Crippen LogP contribution < -0.4 is 0 Å². The van der Waals surface area contributed by atoms with Crippen LogP contribution in [0.5, 0.6) is 0 Å². The van der Waals surface area contributed by atoms with Crippen molar-refractivity contribution in [1.29, 1.82) is 0 Å². The van der Waals surface area contributed by atoms with Crippen LogP contribution in [0.4, 0.5) is 0 Å². The minimum Gasteiger partial charge on any atom is -0.0654 e. The van der Waals surface area contributed by atoms with Gasteiger partial charge in [-0.2, -0.15) is 0 Å². The van der Waals surface area contributed by atoms with Gasteiger partial charge in [0.1, 0.15) is 0 Å². The van der Waals surface area contributed by atoms with Crippen molar-refractivity contribution >= 4 is 0 Å². The van der Waals surface area contributed by atoms with E-state index in [1.165, 1.54) is 238 Å². The molecule has 0 heterocycles. The third kappa shape index (κ3) is 34.9. The van der Waals surface area contributed by atoms with E-state index in [9.17, 15) is 0 Å². The minimum absolute atomic E-state index is 0.970. The molecular weight excluding hydrogens is 528 g/mol. The van der Waals surface area contributed by atoms with E-state index in [1.807, 2.05) is 0 Å². The van der Waals surface area contributed by atoms with Crippen LogP contribution in [0.2, 0.25) is 0 Å². The summed E-state index contributed by atoms with van der Waals surface area (Å²) in [5.74, 6) is 1.94. The molecule has 44 heavy (non-hydrogen) atoms. The maximum Gasteiger partial charge on any atom is -0.0380 e. The molecule has 0 aliphatic rings. The Kier molecular flexibility index (Phi) is 39.2. The lowest BCUT2D eigenvalue weighted by Gasteiger charge is -2.20. The fourth-order valence-electron chi connectivity index (χ4n) is 7.42. The van der Waals surface area contributed by atoms with E-state index < -0.39 is 0 Å². The summed E-state index contributed by atoms with van der Waals surface area (Å²) in [5, 5.41) is 0. The maximum absolute atomic E-state index is 2.79. The van der Waals surface area contributed by atoms with Gasteiger partial charge in [0.2, 0.25) is 0 Å². The second-order valence-corrected chi connectivity index (χ2v) is 15.2. The van der Waals surface area contributed by atoms with Gasteiger partial charge in [-0.3, -0.25) is 0 Å². The van der Waals surface area contributed by atoms with Gasteiger partial charge in [0, 0.05) is 0 Å². The molecule has 0 N–H and O–H groups in total. The molecule has 2 unspecified atom stereocenters. The Morgan fingerprint density at radius 3 is 0.659 bits per heavy atom. The Bertz CT molecular complexity index is 480. The topological polar surface area (TPSA) is 0 Å². The van der Waals surface area contributed by atoms with Crippen LogP contribution in [-0.2, 0) is 0 Å². The van der Waals surface area contributed by atoms with E-state index in [-0.39, 0.29) is 0 Å². The summed E-state index contributed by atoms with van der Waals surface area (Å²) in [6.45, 7) is 9.35. The standard InChI is InChI=1S/C44H89/c1-5-9-13-17-19-21-23-25-27-29-31-35-40-44(38-33-16-12-8-4)42-36-41-43(37-32-15-11-7-3)39-34-30-28-26-24-22-20-18-14-10-6-2/h36,43-44H,5-35,37-42H2,1-4H3. The maximum atomic E-state index is 2.79. The van der Waals surface area contributed by atoms with Gasteiger partial charge in [-0.25, -0.2) is 0 Å². The van der Waals surface area contributed by atoms with E-state index in [1.54, 1.807) is 0 Å². The number of hydrogen-bond acceptors (Lipinski definition) is 0. The Morgan fingerprint density at radius 2 is 0.432 bits per heavy atom. The summed E-state index contributed by atoms with van der Waals surface area (Å²) >= 11 is 0. The zero-order valence-electron chi connectivity index (χ0n) is 31.9. The third-order valence-corrected chi connectivity index (χ3v) is 10.6. The fraction of sp³-hybridized carbons (Fsp3) is 0.977. The monoisotopic (exact) mass is 618 g/mol. The molecule has 0 aromatic heterocycles. The zero-order chi connectivity index (χ0) is 32.0. The molecular formula is C44H89. The highest BCUT2D eigenvalue weighted by Gasteiger charge is 2.13. The average molecular weight is 618 g/mol. The van der Waals surface area contributed by atoms with Gasteiger partial charge in [-0.05, 0) is 31.1 Å². The molecule has 0 aliphatic carbocycles. The highest BCUT2D eigenvalue weighted by Crippen LogP contribution is 2.28. The second kappa shape index (κ2) is 39.2. The van der Waals surface area contributed by atoms with Gasteiger partial charge in [-0.1, -0.05) is 252 Å². The van der Waals surface area contributed by atoms with Crippen LogP contribution in [0, 0.1) is 18.3 Å². The number of unbranched alkanes of at least 4 members (excludes halogenated alkanes) is 27. The lowest BCUT2D eigenvalue weighted by atomic mass is 9.85. The van der Waals surface area contributed by atoms with Crippen molar-refractivity contribution < 1.29 is 0 Å². The van der Waals surface area contributed by atoms with Crippen molar-refractivity contribution in [3.05, 3.63) is 6.42 Å². The molecule has 2 atom stereocenters. The quantitative estimate of drug-likeness (QED) is 0.0602. The largest absolute Gasteiger partial charge is 0.0654 e. The van der Waals surface area contributed by atoms with Crippen molar-refractivity contribution in [1.82, 2.24) is 0 Å². The molecule has 0 saturated heterocycles. The molecule has 0 spiro atoms. The first-order chi connectivity index (χ1) is 21.8.